The molecule has 2 aromatic carbocycles. The topological polar surface area (TPSA) is 155 Å². The second-order valence-electron chi connectivity index (χ2n) is 13.9. The van der Waals surface area contributed by atoms with E-state index in [1.54, 1.807) is 11.1 Å². The summed E-state index contributed by atoms with van der Waals surface area (Å²) < 4.78 is 42.6. The molecular weight excluding hydrogens is 702 g/mol. The molecule has 2 fully saturated rings. The zero-order chi connectivity index (χ0) is 38.2. The van der Waals surface area contributed by atoms with E-state index in [4.69, 9.17) is 14.5 Å². The molecule has 2 unspecified atom stereocenters. The predicted molar refractivity (Wildman–Crippen MR) is 192 cm³/mol. The fourth-order valence-electron chi connectivity index (χ4n) is 7.32. The lowest BCUT2D eigenvalue weighted by atomic mass is 9.88. The van der Waals surface area contributed by atoms with Crippen LogP contribution >= 0.6 is 0 Å². The monoisotopic (exact) mass is 748 g/mol. The second-order valence-corrected chi connectivity index (χ2v) is 13.9. The normalized spacial score (nSPS) is 20.0. The van der Waals surface area contributed by atoms with Crippen molar-refractivity contribution in [1.82, 2.24) is 30.0 Å². The summed E-state index contributed by atoms with van der Waals surface area (Å²) in [5.74, 6) is -2.55. The first-order chi connectivity index (χ1) is 26.1. The molecule has 4 amide bonds. The summed E-state index contributed by atoms with van der Waals surface area (Å²) in [5, 5.41) is 16.8. The van der Waals surface area contributed by atoms with Crippen LogP contribution in [0.1, 0.15) is 43.6 Å². The number of hydrogen-bond acceptors (Lipinski definition) is 9. The van der Waals surface area contributed by atoms with Gasteiger partial charge in [0.15, 0.2) is 0 Å². The summed E-state index contributed by atoms with van der Waals surface area (Å²) in [4.78, 5) is 58.2. The van der Waals surface area contributed by atoms with Gasteiger partial charge in [0.1, 0.15) is 23.6 Å². The minimum atomic E-state index is -1.34. The number of halogens is 2. The van der Waals surface area contributed by atoms with Crippen molar-refractivity contribution in [2.24, 2.45) is 11.8 Å². The van der Waals surface area contributed by atoms with Gasteiger partial charge in [-0.3, -0.25) is 24.1 Å². The Morgan fingerprint density at radius 2 is 1.83 bits per heavy atom. The Morgan fingerprint density at radius 3 is 2.56 bits per heavy atom. The third-order valence-electron chi connectivity index (χ3n) is 10.1. The van der Waals surface area contributed by atoms with Crippen LogP contribution in [-0.4, -0.2) is 113 Å². The summed E-state index contributed by atoms with van der Waals surface area (Å²) in [7, 11) is 0. The van der Waals surface area contributed by atoms with Gasteiger partial charge in [0.25, 0.3) is 17.7 Å². The quantitative estimate of drug-likeness (QED) is 0.148. The Hall–Kier alpha value is -4.83. The van der Waals surface area contributed by atoms with Crippen LogP contribution in [0.2, 0.25) is 0 Å². The molecule has 13 nitrogen and oxygen atoms in total. The van der Waals surface area contributed by atoms with Gasteiger partial charge in [0.2, 0.25) is 5.91 Å². The van der Waals surface area contributed by atoms with E-state index in [2.05, 4.69) is 10.6 Å². The highest BCUT2D eigenvalue weighted by Gasteiger charge is 2.41. The van der Waals surface area contributed by atoms with Crippen molar-refractivity contribution in [3.63, 3.8) is 0 Å². The van der Waals surface area contributed by atoms with Crippen LogP contribution in [0.4, 0.5) is 8.78 Å². The standard InChI is InChI=1S/C39H46F2N6O7/c1-25(48)39(52)47(23-27-19-32(43-21-27)38(51)42-13-17-54-18-14-46-34(49)9-10-35(46)50)36(28-11-15-53-16-12-28)37-44-33(30-20-29(40)7-8-31(30)41)24-45(37)22-26-5-3-2-4-6-26/h2-10,20,24-25,27-28,32,36,43,48H,11-19,21-23H2,1H3,(H,42,51)/t25-,27?,32?,36+/m0/s1. The molecule has 0 bridgehead atoms. The number of carbonyl (C=O) groups excluding carboxylic acids is 4. The van der Waals surface area contributed by atoms with E-state index < -0.39 is 35.7 Å². The van der Waals surface area contributed by atoms with Crippen LogP contribution < -0.4 is 10.6 Å². The molecular formula is C39H46F2N6O7. The number of ether oxygens (including phenoxy) is 2. The number of hydrogen-bond donors (Lipinski definition) is 3. The lowest BCUT2D eigenvalue weighted by Gasteiger charge is -2.40. The first-order valence-corrected chi connectivity index (χ1v) is 18.3. The molecule has 6 rings (SSSR count). The molecule has 0 saturated carbocycles. The highest BCUT2D eigenvalue weighted by molar-refractivity contribution is 6.12. The zero-order valence-corrected chi connectivity index (χ0v) is 30.2. The zero-order valence-electron chi connectivity index (χ0n) is 30.2. The van der Waals surface area contributed by atoms with Gasteiger partial charge in [-0.2, -0.15) is 0 Å². The predicted octanol–water partition coefficient (Wildman–Crippen LogP) is 2.59. The smallest absolute Gasteiger partial charge is 0.253 e. The van der Waals surface area contributed by atoms with E-state index in [9.17, 15) is 28.7 Å². The fourth-order valence-corrected chi connectivity index (χ4v) is 7.32. The maximum atomic E-state index is 15.2. The van der Waals surface area contributed by atoms with Crippen LogP contribution in [0.5, 0.6) is 0 Å². The number of nitrogens with zero attached hydrogens (tertiary/aromatic N) is 4. The molecule has 4 heterocycles. The highest BCUT2D eigenvalue weighted by atomic mass is 19.1. The van der Waals surface area contributed by atoms with Crippen molar-refractivity contribution >= 4 is 23.6 Å². The maximum Gasteiger partial charge on any atom is 0.253 e. The van der Waals surface area contributed by atoms with Gasteiger partial charge in [-0.15, -0.1) is 0 Å². The molecule has 3 N–H and O–H groups in total. The number of nitrogens with one attached hydrogen (secondary N) is 2. The number of benzene rings is 2. The van der Waals surface area contributed by atoms with Crippen LogP contribution in [0.3, 0.4) is 0 Å². The van der Waals surface area contributed by atoms with Gasteiger partial charge in [-0.1, -0.05) is 30.3 Å². The molecule has 0 aliphatic carbocycles. The lowest BCUT2D eigenvalue weighted by Crippen LogP contribution is -2.47. The van der Waals surface area contributed by atoms with E-state index in [1.807, 2.05) is 34.9 Å². The summed E-state index contributed by atoms with van der Waals surface area (Å²) in [6, 6.07) is 11.6. The SMILES string of the molecule is C[C@H](O)C(=O)N(CC1CNC(C(=O)NCCOCCN2C(=O)C=CC2=O)C1)[C@@H](c1nc(-c2cc(F)ccc2F)cn1Cc1ccccc1)C1CCOCC1. The molecule has 3 aliphatic rings. The molecule has 2 saturated heterocycles. The molecule has 1 aromatic heterocycles. The van der Waals surface area contributed by atoms with Crippen LogP contribution in [0.15, 0.2) is 66.9 Å². The summed E-state index contributed by atoms with van der Waals surface area (Å²) >= 11 is 0. The highest BCUT2D eigenvalue weighted by Crippen LogP contribution is 2.38. The van der Waals surface area contributed by atoms with E-state index in [0.29, 0.717) is 51.4 Å². The Morgan fingerprint density at radius 1 is 1.09 bits per heavy atom. The minimum absolute atomic E-state index is 0.00414. The largest absolute Gasteiger partial charge is 0.384 e. The Bertz CT molecular complexity index is 1810. The molecule has 15 heteroatoms. The van der Waals surface area contributed by atoms with Gasteiger partial charge in [0, 0.05) is 63.3 Å². The minimum Gasteiger partial charge on any atom is -0.384 e. The third-order valence-corrected chi connectivity index (χ3v) is 10.1. The average Bonchev–Trinajstić information content (AvgIpc) is 3.90. The van der Waals surface area contributed by atoms with E-state index >= 15 is 4.39 Å². The van der Waals surface area contributed by atoms with Crippen molar-refractivity contribution in [3.8, 4) is 11.3 Å². The van der Waals surface area contributed by atoms with Crippen molar-refractivity contribution in [3.05, 3.63) is 89.9 Å². The Balaban J connectivity index is 1.20. The van der Waals surface area contributed by atoms with Crippen molar-refractivity contribution < 1.29 is 42.5 Å². The molecule has 3 aromatic rings. The number of imide groups is 1. The van der Waals surface area contributed by atoms with Gasteiger partial charge in [-0.05, 0) is 61.8 Å². The first kappa shape index (κ1) is 38.9. The number of amides is 4. The van der Waals surface area contributed by atoms with E-state index in [0.717, 1.165) is 28.7 Å². The Labute approximate surface area is 312 Å². The van der Waals surface area contributed by atoms with Crippen LogP contribution in [0.25, 0.3) is 11.3 Å². The van der Waals surface area contributed by atoms with Gasteiger partial charge >= 0.3 is 0 Å². The van der Waals surface area contributed by atoms with Crippen molar-refractivity contribution in [2.75, 3.05) is 52.6 Å². The number of aliphatic hydroxyl groups excluding tert-OH is 1. The molecule has 0 radical (unpaired) electrons. The van der Waals surface area contributed by atoms with E-state index in [-0.39, 0.29) is 73.7 Å². The van der Waals surface area contributed by atoms with Gasteiger partial charge < -0.3 is 34.7 Å². The molecule has 3 aliphatic heterocycles. The van der Waals surface area contributed by atoms with Crippen LogP contribution in [-0.2, 0) is 35.2 Å². The molecule has 0 spiro atoms. The molecule has 54 heavy (non-hydrogen) atoms. The maximum absolute atomic E-state index is 15.2. The number of rotatable bonds is 16. The van der Waals surface area contributed by atoms with Crippen LogP contribution in [0, 0.1) is 23.5 Å². The third kappa shape index (κ3) is 9.45. The van der Waals surface area contributed by atoms with Crippen molar-refractivity contribution in [2.45, 2.75) is 50.9 Å². The lowest BCUT2D eigenvalue weighted by molar-refractivity contribution is -0.145. The first-order valence-electron chi connectivity index (χ1n) is 18.3. The number of aromatic nitrogens is 2. The summed E-state index contributed by atoms with van der Waals surface area (Å²) in [6.45, 7) is 4.00. The Kier molecular flexibility index (Phi) is 13.0. The summed E-state index contributed by atoms with van der Waals surface area (Å²) in [6.07, 6.45) is 4.40. The number of carbonyl (C=O) groups is 4. The number of imidazole rings is 1. The van der Waals surface area contributed by atoms with E-state index in [1.165, 1.54) is 19.1 Å². The summed E-state index contributed by atoms with van der Waals surface area (Å²) in [5.41, 5.74) is 1.16. The second kappa shape index (κ2) is 18.0. The van der Waals surface area contributed by atoms with Crippen molar-refractivity contribution in [1.29, 1.82) is 0 Å². The van der Waals surface area contributed by atoms with Gasteiger partial charge in [-0.25, -0.2) is 13.8 Å². The average molecular weight is 749 g/mol. The molecule has 288 valence electrons. The number of aliphatic hydroxyl groups is 1. The fraction of sp³-hybridized carbons (Fsp3) is 0.462. The molecule has 4 atom stereocenters. The van der Waals surface area contributed by atoms with Gasteiger partial charge in [0.05, 0.1) is 37.5 Å².